The number of hydrogen-bond donors (Lipinski definition) is 1. The number of rotatable bonds is 2. The van der Waals surface area contributed by atoms with Crippen molar-refractivity contribution in [2.45, 2.75) is 32.7 Å². The minimum Gasteiger partial charge on any atom is -0.507 e. The standard InChI is InChI=1S/C14H18BrNO2/c1-9(2)12-4-3-7-16(12)14(18)11-6-5-10(15)8-13(11)17/h5-6,8-9,12,17H,3-4,7H2,1-2H3. The van der Waals surface area contributed by atoms with Gasteiger partial charge < -0.3 is 10.0 Å². The van der Waals surface area contributed by atoms with Crippen LogP contribution in [0.4, 0.5) is 0 Å². The molecule has 2 rings (SSSR count). The summed E-state index contributed by atoms with van der Waals surface area (Å²) in [4.78, 5) is 14.3. The Morgan fingerprint density at radius 2 is 2.22 bits per heavy atom. The third-order valence-electron chi connectivity index (χ3n) is 3.52. The summed E-state index contributed by atoms with van der Waals surface area (Å²) in [6, 6.07) is 5.32. The normalized spacial score (nSPS) is 19.6. The lowest BCUT2D eigenvalue weighted by atomic mass is 10.0. The van der Waals surface area contributed by atoms with Crippen LogP contribution in [0.5, 0.6) is 5.75 Å². The zero-order valence-corrected chi connectivity index (χ0v) is 12.3. The van der Waals surface area contributed by atoms with Gasteiger partial charge in [-0.3, -0.25) is 4.79 Å². The molecule has 0 aromatic heterocycles. The maximum atomic E-state index is 12.4. The van der Waals surface area contributed by atoms with Gasteiger partial charge in [0.2, 0.25) is 0 Å². The fraction of sp³-hybridized carbons (Fsp3) is 0.500. The minimum atomic E-state index is -0.0591. The molecule has 98 valence electrons. The summed E-state index contributed by atoms with van der Waals surface area (Å²) in [6.07, 6.45) is 2.10. The minimum absolute atomic E-state index is 0.0452. The van der Waals surface area contributed by atoms with Gasteiger partial charge in [-0.05, 0) is 37.0 Å². The Labute approximate surface area is 116 Å². The second-order valence-electron chi connectivity index (χ2n) is 5.11. The van der Waals surface area contributed by atoms with Crippen LogP contribution in [-0.2, 0) is 0 Å². The van der Waals surface area contributed by atoms with Crippen LogP contribution in [0.25, 0.3) is 0 Å². The highest BCUT2D eigenvalue weighted by Gasteiger charge is 2.32. The van der Waals surface area contributed by atoms with E-state index in [1.165, 1.54) is 0 Å². The van der Waals surface area contributed by atoms with Gasteiger partial charge >= 0.3 is 0 Å². The lowest BCUT2D eigenvalue weighted by molar-refractivity contribution is 0.0698. The number of likely N-dealkylation sites (tertiary alicyclic amines) is 1. The van der Waals surface area contributed by atoms with Crippen molar-refractivity contribution in [1.82, 2.24) is 4.90 Å². The fourth-order valence-electron chi connectivity index (χ4n) is 2.58. The molecule has 1 fully saturated rings. The van der Waals surface area contributed by atoms with Crippen molar-refractivity contribution in [3.63, 3.8) is 0 Å². The highest BCUT2D eigenvalue weighted by Crippen LogP contribution is 2.29. The molecule has 1 saturated heterocycles. The molecule has 1 aliphatic rings. The van der Waals surface area contributed by atoms with Crippen molar-refractivity contribution in [3.05, 3.63) is 28.2 Å². The van der Waals surface area contributed by atoms with E-state index < -0.39 is 0 Å². The lowest BCUT2D eigenvalue weighted by Crippen LogP contribution is -2.38. The number of phenolic OH excluding ortho intramolecular Hbond substituents is 1. The van der Waals surface area contributed by atoms with E-state index in [4.69, 9.17) is 0 Å². The van der Waals surface area contributed by atoms with Gasteiger partial charge in [0.15, 0.2) is 0 Å². The van der Waals surface area contributed by atoms with Gasteiger partial charge in [-0.2, -0.15) is 0 Å². The van der Waals surface area contributed by atoms with E-state index in [0.717, 1.165) is 23.9 Å². The molecule has 1 amide bonds. The van der Waals surface area contributed by atoms with E-state index in [1.54, 1.807) is 18.2 Å². The van der Waals surface area contributed by atoms with E-state index in [2.05, 4.69) is 29.8 Å². The number of carbonyl (C=O) groups is 1. The quantitative estimate of drug-likeness (QED) is 0.909. The summed E-state index contributed by atoms with van der Waals surface area (Å²) in [6.45, 7) is 5.06. The predicted molar refractivity (Wildman–Crippen MR) is 74.7 cm³/mol. The molecule has 3 nitrogen and oxygen atoms in total. The van der Waals surface area contributed by atoms with Crippen LogP contribution in [0.2, 0.25) is 0 Å². The third-order valence-corrected chi connectivity index (χ3v) is 4.01. The van der Waals surface area contributed by atoms with Gasteiger partial charge in [0, 0.05) is 17.1 Å². The summed E-state index contributed by atoms with van der Waals surface area (Å²) >= 11 is 3.28. The SMILES string of the molecule is CC(C)C1CCCN1C(=O)c1ccc(Br)cc1O. The number of aromatic hydroxyl groups is 1. The van der Waals surface area contributed by atoms with Crippen LogP contribution in [0.1, 0.15) is 37.0 Å². The molecule has 1 aliphatic heterocycles. The number of halogens is 1. The molecule has 0 spiro atoms. The van der Waals surface area contributed by atoms with Crippen molar-refractivity contribution in [2.75, 3.05) is 6.54 Å². The molecule has 1 atom stereocenters. The fourth-order valence-corrected chi connectivity index (χ4v) is 2.93. The average molecular weight is 312 g/mol. The molecular formula is C14H18BrNO2. The molecule has 1 heterocycles. The zero-order valence-electron chi connectivity index (χ0n) is 10.7. The molecule has 1 aromatic carbocycles. The summed E-state index contributed by atoms with van der Waals surface area (Å²) in [7, 11) is 0. The molecule has 0 aliphatic carbocycles. The first-order valence-corrected chi connectivity index (χ1v) is 7.09. The first kappa shape index (κ1) is 13.4. The molecule has 0 radical (unpaired) electrons. The predicted octanol–water partition coefficient (Wildman–Crippen LogP) is 3.42. The number of benzene rings is 1. The van der Waals surface area contributed by atoms with E-state index in [9.17, 15) is 9.90 Å². The second-order valence-corrected chi connectivity index (χ2v) is 6.03. The van der Waals surface area contributed by atoms with Gasteiger partial charge in [-0.15, -0.1) is 0 Å². The smallest absolute Gasteiger partial charge is 0.257 e. The molecule has 1 unspecified atom stereocenters. The van der Waals surface area contributed by atoms with E-state index >= 15 is 0 Å². The first-order chi connectivity index (χ1) is 8.50. The van der Waals surface area contributed by atoms with Crippen LogP contribution in [-0.4, -0.2) is 28.5 Å². The molecule has 1 N–H and O–H groups in total. The van der Waals surface area contributed by atoms with E-state index in [-0.39, 0.29) is 11.7 Å². The molecule has 1 aromatic rings. The molecule has 18 heavy (non-hydrogen) atoms. The first-order valence-electron chi connectivity index (χ1n) is 6.30. The van der Waals surface area contributed by atoms with Gasteiger partial charge in [0.1, 0.15) is 5.75 Å². The molecular weight excluding hydrogens is 294 g/mol. The number of amides is 1. The molecule has 4 heteroatoms. The Kier molecular flexibility index (Phi) is 3.95. The van der Waals surface area contributed by atoms with Crippen LogP contribution >= 0.6 is 15.9 Å². The van der Waals surface area contributed by atoms with Crippen LogP contribution in [0.3, 0.4) is 0 Å². The number of nitrogens with zero attached hydrogens (tertiary/aromatic N) is 1. The van der Waals surface area contributed by atoms with Crippen molar-refractivity contribution >= 4 is 21.8 Å². The van der Waals surface area contributed by atoms with Gasteiger partial charge in [-0.1, -0.05) is 29.8 Å². The Morgan fingerprint density at radius 1 is 1.50 bits per heavy atom. The van der Waals surface area contributed by atoms with Crippen molar-refractivity contribution < 1.29 is 9.90 Å². The number of carbonyl (C=O) groups excluding carboxylic acids is 1. The Morgan fingerprint density at radius 3 is 2.83 bits per heavy atom. The van der Waals surface area contributed by atoms with Gasteiger partial charge in [0.05, 0.1) is 5.56 Å². The highest BCUT2D eigenvalue weighted by molar-refractivity contribution is 9.10. The Hall–Kier alpha value is -1.03. The Bertz CT molecular complexity index is 459. The topological polar surface area (TPSA) is 40.5 Å². The average Bonchev–Trinajstić information content (AvgIpc) is 2.77. The van der Waals surface area contributed by atoms with Gasteiger partial charge in [0.25, 0.3) is 5.91 Å². The Balaban J connectivity index is 2.25. The van der Waals surface area contributed by atoms with E-state index in [1.807, 2.05) is 4.90 Å². The van der Waals surface area contributed by atoms with Crippen LogP contribution in [0, 0.1) is 5.92 Å². The zero-order chi connectivity index (χ0) is 13.3. The molecule has 0 bridgehead atoms. The number of hydrogen-bond acceptors (Lipinski definition) is 2. The largest absolute Gasteiger partial charge is 0.507 e. The van der Waals surface area contributed by atoms with E-state index in [0.29, 0.717) is 17.5 Å². The summed E-state index contributed by atoms with van der Waals surface area (Å²) in [5.74, 6) is 0.439. The summed E-state index contributed by atoms with van der Waals surface area (Å²) < 4.78 is 0.776. The number of phenols is 1. The maximum absolute atomic E-state index is 12.4. The third kappa shape index (κ3) is 2.53. The van der Waals surface area contributed by atoms with Crippen molar-refractivity contribution in [1.29, 1.82) is 0 Å². The van der Waals surface area contributed by atoms with Gasteiger partial charge in [-0.25, -0.2) is 0 Å². The van der Waals surface area contributed by atoms with Crippen molar-refractivity contribution in [3.8, 4) is 5.75 Å². The second kappa shape index (κ2) is 5.31. The summed E-state index contributed by atoms with van der Waals surface area (Å²) in [5.41, 5.74) is 0.394. The summed E-state index contributed by atoms with van der Waals surface area (Å²) in [5, 5.41) is 9.87. The maximum Gasteiger partial charge on any atom is 0.257 e. The molecule has 0 saturated carbocycles. The van der Waals surface area contributed by atoms with Crippen LogP contribution < -0.4 is 0 Å². The van der Waals surface area contributed by atoms with Crippen LogP contribution in [0.15, 0.2) is 22.7 Å². The van der Waals surface area contributed by atoms with Crippen molar-refractivity contribution in [2.24, 2.45) is 5.92 Å². The monoisotopic (exact) mass is 311 g/mol. The highest BCUT2D eigenvalue weighted by atomic mass is 79.9. The lowest BCUT2D eigenvalue weighted by Gasteiger charge is -2.28.